The maximum Gasteiger partial charge on any atom is 0.423 e. The fourth-order valence-corrected chi connectivity index (χ4v) is 11.1. The number of nitro groups is 2. The molecule has 0 bridgehead atoms. The number of likely N-dealkylation sites (tertiary alicyclic amines) is 1. The summed E-state index contributed by atoms with van der Waals surface area (Å²) < 4.78 is 78.5. The number of aliphatic carboxylic acids is 1. The Labute approximate surface area is 496 Å². The maximum atomic E-state index is 13.3. The predicted molar refractivity (Wildman–Crippen MR) is 322 cm³/mol. The van der Waals surface area contributed by atoms with E-state index in [0.717, 1.165) is 131 Å². The number of fused-ring (bicyclic) bond motifs is 2. The van der Waals surface area contributed by atoms with E-state index in [-0.39, 0.29) is 48.6 Å². The summed E-state index contributed by atoms with van der Waals surface area (Å²) in [7, 11) is 0. The van der Waals surface area contributed by atoms with E-state index in [9.17, 15) is 56.2 Å². The Morgan fingerprint density at radius 1 is 0.593 bits per heavy atom. The lowest BCUT2D eigenvalue weighted by atomic mass is 10.0. The Hall–Kier alpha value is -7.90. The van der Waals surface area contributed by atoms with Crippen molar-refractivity contribution in [3.8, 4) is 0 Å². The highest BCUT2D eigenvalue weighted by Crippen LogP contribution is 2.39. The zero-order valence-corrected chi connectivity index (χ0v) is 48.0. The van der Waals surface area contributed by atoms with Gasteiger partial charge in [-0.25, -0.2) is 9.97 Å². The van der Waals surface area contributed by atoms with Crippen LogP contribution in [-0.4, -0.2) is 155 Å². The monoisotopic (exact) mass is 1200 g/mol. The number of halogens is 6. The molecule has 4 aromatic carbocycles. The first kappa shape index (κ1) is 65.6. The Balaban J connectivity index is 0.000000202. The number of amides is 1. The minimum atomic E-state index is -4.83. The van der Waals surface area contributed by atoms with Gasteiger partial charge >= 0.3 is 18.3 Å². The number of piperazine rings is 2. The molecule has 4 aliphatic rings. The fraction of sp³-hybridized carbons (Fsp3) is 0.475. The fourth-order valence-electron chi connectivity index (χ4n) is 11.1. The number of alkyl halides is 6. The molecule has 4 aliphatic heterocycles. The van der Waals surface area contributed by atoms with Crippen LogP contribution in [0.1, 0.15) is 69.2 Å². The smallest absolute Gasteiger partial charge is 0.423 e. The van der Waals surface area contributed by atoms with E-state index < -0.39 is 50.7 Å². The number of aryl methyl sites for hydroxylation is 2. The molecular weight excluding hydrogens is 1130 g/mol. The third kappa shape index (κ3) is 17.6. The summed E-state index contributed by atoms with van der Waals surface area (Å²) in [6.45, 7) is 18.6. The van der Waals surface area contributed by atoms with Crippen molar-refractivity contribution in [1.82, 2.24) is 30.0 Å². The van der Waals surface area contributed by atoms with Gasteiger partial charge in [0.15, 0.2) is 0 Å². The number of hydrogen-bond donors (Lipinski definition) is 4. The van der Waals surface area contributed by atoms with E-state index in [1.54, 1.807) is 6.92 Å². The number of hydrogen-bond acceptors (Lipinski definition) is 15. The predicted octanol–water partition coefficient (Wildman–Crippen LogP) is 11.1. The molecule has 4 fully saturated rings. The van der Waals surface area contributed by atoms with Gasteiger partial charge in [-0.05, 0) is 125 Å². The highest BCUT2D eigenvalue weighted by Gasteiger charge is 2.40. The summed E-state index contributed by atoms with van der Waals surface area (Å²) in [6.07, 6.45) is -6.81. The first-order chi connectivity index (χ1) is 40.4. The average molecular weight is 1200 g/mol. The molecule has 0 radical (unpaired) electrons. The minimum absolute atomic E-state index is 0. The van der Waals surface area contributed by atoms with Crippen molar-refractivity contribution < 1.29 is 50.9 Å². The van der Waals surface area contributed by atoms with Crippen molar-refractivity contribution in [1.29, 1.82) is 0 Å². The van der Waals surface area contributed by atoms with Crippen molar-refractivity contribution in [2.75, 3.05) is 112 Å². The summed E-state index contributed by atoms with van der Waals surface area (Å²) in [5.41, 5.74) is 0.512. The molecule has 4 saturated heterocycles. The van der Waals surface area contributed by atoms with Gasteiger partial charge in [-0.2, -0.15) is 26.3 Å². The SMILES string of the molecule is C.Cc1ccc2nc(N3CCN(CC(C)C(=O)N4CCC(Nc5ccc([N+](=O)[O-])c(C(F)(F)F)c5)CC4)CC3)ccc2c1.Cc1ccc2nc(N3CCN(CC(C)C(=O)O)CC3)ccc2c1.O=[N+]([O-])c1ccc(NC2CCNCC2)cc1C(F)(F)F. The Kier molecular flexibility index (Phi) is 22.1. The van der Waals surface area contributed by atoms with Gasteiger partial charge in [0.05, 0.1) is 26.8 Å². The maximum absolute atomic E-state index is 13.3. The lowest BCUT2D eigenvalue weighted by Gasteiger charge is -2.38. The molecular formula is C61H76F6N12O7. The number of nitro benzene ring substituents is 2. The number of carbonyl (C=O) groups excluding carboxylic acids is 1. The molecule has 4 N–H and O–H groups in total. The Morgan fingerprint density at radius 3 is 1.40 bits per heavy atom. The van der Waals surface area contributed by atoms with Crippen molar-refractivity contribution in [2.45, 2.75) is 85.2 Å². The van der Waals surface area contributed by atoms with Crippen LogP contribution >= 0.6 is 0 Å². The molecule has 25 heteroatoms. The Morgan fingerprint density at radius 2 is 1.00 bits per heavy atom. The lowest BCUT2D eigenvalue weighted by Crippen LogP contribution is -2.50. The number of piperidine rings is 2. The van der Waals surface area contributed by atoms with Crippen molar-refractivity contribution in [3.63, 3.8) is 0 Å². The van der Waals surface area contributed by atoms with E-state index in [0.29, 0.717) is 39.0 Å². The number of carboxylic acids is 1. The van der Waals surface area contributed by atoms with Crippen LogP contribution in [0.2, 0.25) is 0 Å². The molecule has 0 aliphatic carbocycles. The summed E-state index contributed by atoms with van der Waals surface area (Å²) in [6, 6.07) is 26.9. The van der Waals surface area contributed by atoms with E-state index >= 15 is 0 Å². The van der Waals surface area contributed by atoms with Gasteiger partial charge in [0, 0.05) is 131 Å². The summed E-state index contributed by atoms with van der Waals surface area (Å²) in [5.74, 6) is 0.842. The van der Waals surface area contributed by atoms with Gasteiger partial charge in [-0.1, -0.05) is 44.5 Å². The minimum Gasteiger partial charge on any atom is -0.481 e. The molecule has 19 nitrogen and oxygen atoms in total. The topological polar surface area (TPSA) is 219 Å². The number of aromatic nitrogens is 2. The van der Waals surface area contributed by atoms with Gasteiger partial charge in [0.25, 0.3) is 11.4 Å². The van der Waals surface area contributed by atoms with E-state index in [2.05, 4.69) is 110 Å². The molecule has 6 heterocycles. The van der Waals surface area contributed by atoms with Crippen LogP contribution in [0.4, 0.5) is 60.7 Å². The zero-order chi connectivity index (χ0) is 61.2. The second-order valence-electron chi connectivity index (χ2n) is 22.3. The van der Waals surface area contributed by atoms with Crippen LogP contribution < -0.4 is 25.8 Å². The standard InChI is InChI=1S/C30H35F3N6O3.C18H23N3O2.C12H14F3N3O2.CH4/c1-20-3-6-26-22(17-20)4-8-28(35-26)37-15-13-36(14-16-37)19-21(2)29(40)38-11-9-23(10-12-38)34-24-5-7-27(39(41)42)25(18-24)30(31,32)33;1-13-3-5-16-15(11-13)4-6-17(19-16)21-9-7-20(8-10-21)12-14(2)18(22)23;13-12(14,15)10-7-9(1-2-11(10)18(19)20)17-8-3-5-16-6-4-8;/h3-8,17-18,21,23,34H,9-16,19H2,1-2H3;3-6,11,14H,7-10,12H2,1-2H3,(H,22,23);1-2,7-8,16-17H,3-6H2;1H4. The molecule has 1 amide bonds. The zero-order valence-electron chi connectivity index (χ0n) is 48.0. The quantitative estimate of drug-likeness (QED) is 0.0453. The normalized spacial score (nSPS) is 17.3. The van der Waals surface area contributed by atoms with E-state index in [1.165, 1.54) is 28.6 Å². The molecule has 2 unspecified atom stereocenters. The van der Waals surface area contributed by atoms with Gasteiger partial charge in [0.2, 0.25) is 5.91 Å². The van der Waals surface area contributed by atoms with E-state index in [4.69, 9.17) is 15.1 Å². The molecule has 0 saturated carbocycles. The molecule has 10 rings (SSSR count). The Bertz CT molecular complexity index is 3310. The summed E-state index contributed by atoms with van der Waals surface area (Å²) in [5, 5.41) is 42.2. The van der Waals surface area contributed by atoms with Crippen LogP contribution in [0.15, 0.2) is 97.1 Å². The molecule has 2 atom stereocenters. The van der Waals surface area contributed by atoms with Gasteiger partial charge in [0.1, 0.15) is 22.8 Å². The second kappa shape index (κ2) is 29.0. The number of nitrogens with one attached hydrogen (secondary N) is 3. The van der Waals surface area contributed by atoms with Crippen molar-refractivity contribution in [3.05, 3.63) is 140 Å². The average Bonchev–Trinajstić information content (AvgIpc) is 2.35. The number of rotatable bonds is 14. The number of carboxylic acid groups (broad SMARTS) is 1. The number of anilines is 4. The molecule has 86 heavy (non-hydrogen) atoms. The van der Waals surface area contributed by atoms with E-state index in [1.807, 2.05) is 11.8 Å². The van der Waals surface area contributed by atoms with Gasteiger partial charge in [-0.3, -0.25) is 39.6 Å². The molecule has 2 aromatic heterocycles. The van der Waals surface area contributed by atoms with Crippen LogP contribution in [0.3, 0.4) is 0 Å². The van der Waals surface area contributed by atoms with Gasteiger partial charge < -0.3 is 35.8 Å². The summed E-state index contributed by atoms with van der Waals surface area (Å²) >= 11 is 0. The number of benzene rings is 4. The third-order valence-electron chi connectivity index (χ3n) is 15.8. The lowest BCUT2D eigenvalue weighted by molar-refractivity contribution is -0.388. The first-order valence-electron chi connectivity index (χ1n) is 28.5. The number of pyridine rings is 2. The molecule has 0 spiro atoms. The third-order valence-corrected chi connectivity index (χ3v) is 15.8. The van der Waals surface area contributed by atoms with Crippen molar-refractivity contribution in [2.24, 2.45) is 11.8 Å². The number of nitrogens with zero attached hydrogens (tertiary/aromatic N) is 9. The second-order valence-corrected chi connectivity index (χ2v) is 22.3. The number of carbonyl (C=O) groups is 2. The first-order valence-corrected chi connectivity index (χ1v) is 28.5. The highest BCUT2D eigenvalue weighted by molar-refractivity contribution is 5.82. The van der Waals surface area contributed by atoms with Crippen molar-refractivity contribution >= 4 is 68.1 Å². The highest BCUT2D eigenvalue weighted by atomic mass is 19.4. The van der Waals surface area contributed by atoms with Crippen LogP contribution in [0.5, 0.6) is 0 Å². The summed E-state index contributed by atoms with van der Waals surface area (Å²) in [4.78, 5) is 64.3. The van der Waals surface area contributed by atoms with Crippen LogP contribution in [0, 0.1) is 45.9 Å². The van der Waals surface area contributed by atoms with Crippen LogP contribution in [0.25, 0.3) is 21.8 Å². The molecule has 6 aromatic rings. The largest absolute Gasteiger partial charge is 0.481 e. The van der Waals surface area contributed by atoms with Crippen LogP contribution in [-0.2, 0) is 21.9 Å². The molecule has 464 valence electrons. The van der Waals surface area contributed by atoms with Gasteiger partial charge in [-0.15, -0.1) is 0 Å².